The molecule has 1 atom stereocenters. The molecule has 6 heteroatoms. The summed E-state index contributed by atoms with van der Waals surface area (Å²) >= 11 is 0. The van der Waals surface area contributed by atoms with Gasteiger partial charge in [-0.25, -0.2) is 8.42 Å². The summed E-state index contributed by atoms with van der Waals surface area (Å²) in [6.07, 6.45) is 5.50. The van der Waals surface area contributed by atoms with Gasteiger partial charge >= 0.3 is 0 Å². The van der Waals surface area contributed by atoms with Crippen LogP contribution in [-0.4, -0.2) is 29.9 Å². The van der Waals surface area contributed by atoms with E-state index in [4.69, 9.17) is 5.73 Å². The minimum Gasteiger partial charge on any atom is -0.349 e. The van der Waals surface area contributed by atoms with E-state index < -0.39 is 10.0 Å². The highest BCUT2D eigenvalue weighted by atomic mass is 32.2. The van der Waals surface area contributed by atoms with Crippen molar-refractivity contribution in [3.05, 3.63) is 18.0 Å². The Morgan fingerprint density at radius 1 is 1.40 bits per heavy atom. The molecule has 20 heavy (non-hydrogen) atoms. The van der Waals surface area contributed by atoms with Crippen LogP contribution in [0, 0.1) is 0 Å². The van der Waals surface area contributed by atoms with Crippen molar-refractivity contribution in [3.63, 3.8) is 0 Å². The molecule has 2 N–H and O–H groups in total. The van der Waals surface area contributed by atoms with Crippen molar-refractivity contribution in [2.45, 2.75) is 63.6 Å². The lowest BCUT2D eigenvalue weighted by atomic mass is 10.2. The molecule has 0 saturated carbocycles. The number of aromatic nitrogens is 1. The molecule has 1 aromatic heterocycles. The Bertz CT molecular complexity index is 551. The van der Waals surface area contributed by atoms with Crippen molar-refractivity contribution in [1.82, 2.24) is 8.87 Å². The number of aryl methyl sites for hydroxylation is 1. The average Bonchev–Trinajstić information content (AvgIpc) is 3.05. The van der Waals surface area contributed by atoms with E-state index in [1.807, 2.05) is 11.5 Å². The van der Waals surface area contributed by atoms with Gasteiger partial charge in [-0.1, -0.05) is 13.8 Å². The Morgan fingerprint density at radius 2 is 2.15 bits per heavy atom. The number of hydrogen-bond acceptors (Lipinski definition) is 3. The molecule has 114 valence electrons. The van der Waals surface area contributed by atoms with Gasteiger partial charge in [0.1, 0.15) is 4.90 Å². The van der Waals surface area contributed by atoms with Crippen LogP contribution >= 0.6 is 0 Å². The normalized spacial score (nSPS) is 20.6. The predicted molar refractivity (Wildman–Crippen MR) is 79.8 cm³/mol. The lowest BCUT2D eigenvalue weighted by Crippen LogP contribution is -2.34. The van der Waals surface area contributed by atoms with Gasteiger partial charge in [-0.05, 0) is 31.7 Å². The van der Waals surface area contributed by atoms with Crippen LogP contribution in [0.25, 0.3) is 0 Å². The number of hydrogen-bond donors (Lipinski definition) is 1. The van der Waals surface area contributed by atoms with Gasteiger partial charge in [-0.15, -0.1) is 0 Å². The summed E-state index contributed by atoms with van der Waals surface area (Å²) in [6, 6.07) is 1.88. The molecule has 0 aliphatic carbocycles. The molecule has 2 rings (SSSR count). The summed E-state index contributed by atoms with van der Waals surface area (Å²) in [4.78, 5) is 0.395. The molecule has 1 aliphatic rings. The molecule has 1 saturated heterocycles. The topological polar surface area (TPSA) is 68.3 Å². The smallest absolute Gasteiger partial charge is 0.244 e. The Kier molecular flexibility index (Phi) is 4.88. The van der Waals surface area contributed by atoms with Crippen LogP contribution in [0.15, 0.2) is 17.2 Å². The van der Waals surface area contributed by atoms with Gasteiger partial charge in [0, 0.05) is 37.6 Å². The summed E-state index contributed by atoms with van der Waals surface area (Å²) in [5, 5.41) is 0. The third-order valence-electron chi connectivity index (χ3n) is 4.04. The lowest BCUT2D eigenvalue weighted by molar-refractivity contribution is 0.379. The predicted octanol–water partition coefficient (Wildman–Crippen LogP) is 1.92. The van der Waals surface area contributed by atoms with Crippen molar-refractivity contribution in [1.29, 1.82) is 0 Å². The van der Waals surface area contributed by atoms with Gasteiger partial charge in [0.25, 0.3) is 0 Å². The first kappa shape index (κ1) is 15.5. The van der Waals surface area contributed by atoms with Crippen LogP contribution in [0.3, 0.4) is 0 Å². The molecule has 2 heterocycles. The fourth-order valence-corrected chi connectivity index (χ4v) is 4.79. The molecular formula is C14H25N3O2S. The molecule has 1 aromatic rings. The van der Waals surface area contributed by atoms with Crippen LogP contribution in [-0.2, 0) is 23.1 Å². The van der Waals surface area contributed by atoms with E-state index in [9.17, 15) is 8.42 Å². The lowest BCUT2D eigenvalue weighted by Gasteiger charge is -2.22. The molecule has 0 spiro atoms. The van der Waals surface area contributed by atoms with Crippen molar-refractivity contribution < 1.29 is 8.42 Å². The van der Waals surface area contributed by atoms with Crippen molar-refractivity contribution in [2.24, 2.45) is 5.73 Å². The molecule has 1 aliphatic heterocycles. The molecule has 0 bridgehead atoms. The maximum atomic E-state index is 12.8. The van der Waals surface area contributed by atoms with E-state index in [2.05, 4.69) is 6.92 Å². The van der Waals surface area contributed by atoms with Gasteiger partial charge < -0.3 is 10.3 Å². The van der Waals surface area contributed by atoms with E-state index in [1.165, 1.54) is 0 Å². The fraction of sp³-hybridized carbons (Fsp3) is 0.714. The van der Waals surface area contributed by atoms with Crippen LogP contribution in [0.1, 0.15) is 45.2 Å². The maximum absolute atomic E-state index is 12.8. The monoisotopic (exact) mass is 299 g/mol. The molecule has 1 fully saturated rings. The maximum Gasteiger partial charge on any atom is 0.244 e. The number of nitrogens with two attached hydrogens (primary N) is 1. The van der Waals surface area contributed by atoms with E-state index >= 15 is 0 Å². The molecule has 0 radical (unpaired) electrons. The third-order valence-corrected chi connectivity index (χ3v) is 5.95. The summed E-state index contributed by atoms with van der Waals surface area (Å²) in [6.45, 7) is 5.93. The summed E-state index contributed by atoms with van der Waals surface area (Å²) in [7, 11) is -3.37. The first-order chi connectivity index (χ1) is 9.54. The Hall–Kier alpha value is -0.850. The van der Waals surface area contributed by atoms with Crippen LogP contribution < -0.4 is 5.73 Å². The van der Waals surface area contributed by atoms with Crippen LogP contribution in [0.2, 0.25) is 0 Å². The van der Waals surface area contributed by atoms with Crippen LogP contribution in [0.4, 0.5) is 0 Å². The first-order valence-corrected chi connectivity index (χ1v) is 8.89. The van der Waals surface area contributed by atoms with E-state index in [1.54, 1.807) is 16.6 Å². The number of sulfonamides is 1. The Balaban J connectivity index is 2.34. The highest BCUT2D eigenvalue weighted by Crippen LogP contribution is 2.28. The Morgan fingerprint density at radius 3 is 2.75 bits per heavy atom. The van der Waals surface area contributed by atoms with E-state index in [0.29, 0.717) is 18.0 Å². The van der Waals surface area contributed by atoms with Gasteiger partial charge in [-0.2, -0.15) is 4.31 Å². The average molecular weight is 299 g/mol. The van der Waals surface area contributed by atoms with Gasteiger partial charge in [0.2, 0.25) is 10.0 Å². The molecular weight excluding hydrogens is 274 g/mol. The summed E-state index contributed by atoms with van der Waals surface area (Å²) in [5.74, 6) is 0. The van der Waals surface area contributed by atoms with Crippen molar-refractivity contribution in [2.75, 3.05) is 6.54 Å². The van der Waals surface area contributed by atoms with Gasteiger partial charge in [-0.3, -0.25) is 0 Å². The zero-order chi connectivity index (χ0) is 14.8. The first-order valence-electron chi connectivity index (χ1n) is 7.45. The zero-order valence-electron chi connectivity index (χ0n) is 12.4. The van der Waals surface area contributed by atoms with E-state index in [-0.39, 0.29) is 6.04 Å². The SMILES string of the molecule is CCCn1cc(S(=O)(=O)N2CCCC2CC)cc1CN. The van der Waals surface area contributed by atoms with Crippen molar-refractivity contribution >= 4 is 10.0 Å². The zero-order valence-corrected chi connectivity index (χ0v) is 13.2. The molecule has 0 aromatic carbocycles. The number of nitrogens with zero attached hydrogens (tertiary/aromatic N) is 2. The quantitative estimate of drug-likeness (QED) is 0.872. The highest BCUT2D eigenvalue weighted by molar-refractivity contribution is 7.89. The second-order valence-electron chi connectivity index (χ2n) is 5.38. The molecule has 5 nitrogen and oxygen atoms in total. The van der Waals surface area contributed by atoms with E-state index in [0.717, 1.165) is 37.9 Å². The van der Waals surface area contributed by atoms with Gasteiger partial charge in [0.15, 0.2) is 0 Å². The summed E-state index contributed by atoms with van der Waals surface area (Å²) < 4.78 is 29.2. The molecule has 0 amide bonds. The second kappa shape index (κ2) is 6.28. The number of rotatable bonds is 6. The third kappa shape index (κ3) is 2.77. The van der Waals surface area contributed by atoms with Gasteiger partial charge in [0.05, 0.1) is 0 Å². The minimum atomic E-state index is -3.37. The fourth-order valence-electron chi connectivity index (χ4n) is 2.96. The summed E-state index contributed by atoms with van der Waals surface area (Å²) in [5.41, 5.74) is 6.60. The Labute approximate surface area is 121 Å². The second-order valence-corrected chi connectivity index (χ2v) is 7.28. The van der Waals surface area contributed by atoms with Crippen molar-refractivity contribution in [3.8, 4) is 0 Å². The van der Waals surface area contributed by atoms with Crippen LogP contribution in [0.5, 0.6) is 0 Å². The molecule has 1 unspecified atom stereocenters. The highest BCUT2D eigenvalue weighted by Gasteiger charge is 2.34. The minimum absolute atomic E-state index is 0.149. The largest absolute Gasteiger partial charge is 0.349 e. The standard InChI is InChI=1S/C14H25N3O2S/c1-3-7-16-11-14(9-13(16)10-15)20(18,19)17-8-5-6-12(17)4-2/h9,11-12H,3-8,10,15H2,1-2H3.